The van der Waals surface area contributed by atoms with Crippen LogP contribution in [0.25, 0.3) is 0 Å². The van der Waals surface area contributed by atoms with E-state index in [1.165, 1.54) is 5.56 Å². The van der Waals surface area contributed by atoms with Crippen molar-refractivity contribution in [3.63, 3.8) is 0 Å². The first-order valence-corrected chi connectivity index (χ1v) is 7.28. The summed E-state index contributed by atoms with van der Waals surface area (Å²) in [6.07, 6.45) is 2.68. The molecular formula is C16H20N2O2. The smallest absolute Gasteiger partial charge is 0.227 e. The number of hydrogen-bond acceptors (Lipinski definition) is 2. The highest BCUT2D eigenvalue weighted by Gasteiger charge is 2.40. The van der Waals surface area contributed by atoms with Crippen molar-refractivity contribution in [1.82, 2.24) is 10.2 Å². The molecule has 4 nitrogen and oxygen atoms in total. The molecule has 106 valence electrons. The molecule has 2 atom stereocenters. The van der Waals surface area contributed by atoms with Crippen LogP contribution in [0.4, 0.5) is 0 Å². The highest BCUT2D eigenvalue weighted by atomic mass is 16.2. The van der Waals surface area contributed by atoms with Gasteiger partial charge in [-0.3, -0.25) is 9.59 Å². The molecule has 1 aromatic rings. The predicted octanol–water partition coefficient (Wildman–Crippen LogP) is 1.42. The number of rotatable bonds is 2. The molecule has 0 aliphatic carbocycles. The van der Waals surface area contributed by atoms with E-state index in [4.69, 9.17) is 0 Å². The molecule has 0 radical (unpaired) electrons. The van der Waals surface area contributed by atoms with E-state index in [1.807, 2.05) is 36.1 Å². The molecule has 0 aromatic heterocycles. The van der Waals surface area contributed by atoms with Crippen molar-refractivity contribution in [1.29, 1.82) is 0 Å². The Balaban J connectivity index is 1.66. The second-order valence-corrected chi connectivity index (χ2v) is 5.82. The van der Waals surface area contributed by atoms with Gasteiger partial charge < -0.3 is 10.2 Å². The lowest BCUT2D eigenvalue weighted by molar-refractivity contribution is -0.133. The van der Waals surface area contributed by atoms with Crippen LogP contribution in [-0.4, -0.2) is 35.3 Å². The van der Waals surface area contributed by atoms with Crippen LogP contribution in [-0.2, 0) is 16.0 Å². The van der Waals surface area contributed by atoms with Gasteiger partial charge in [-0.2, -0.15) is 0 Å². The number of nitrogens with one attached hydrogen (secondary N) is 1. The number of fused-ring (bicyclic) bond motifs is 1. The predicted molar refractivity (Wildman–Crippen MR) is 76.2 cm³/mol. The molecule has 0 saturated carbocycles. The highest BCUT2D eigenvalue weighted by Crippen LogP contribution is 2.26. The summed E-state index contributed by atoms with van der Waals surface area (Å²) < 4.78 is 0. The molecule has 20 heavy (non-hydrogen) atoms. The summed E-state index contributed by atoms with van der Waals surface area (Å²) in [5.41, 5.74) is 2.27. The Morgan fingerprint density at radius 2 is 2.05 bits per heavy atom. The third-order valence-corrected chi connectivity index (χ3v) is 4.36. The fourth-order valence-corrected chi connectivity index (χ4v) is 3.23. The Morgan fingerprint density at radius 3 is 2.80 bits per heavy atom. The maximum Gasteiger partial charge on any atom is 0.227 e. The number of amides is 2. The number of piperidine rings is 1. The summed E-state index contributed by atoms with van der Waals surface area (Å²) in [6, 6.07) is 8.48. The lowest BCUT2D eigenvalue weighted by Crippen LogP contribution is -2.51. The van der Waals surface area contributed by atoms with Gasteiger partial charge in [0.2, 0.25) is 11.8 Å². The van der Waals surface area contributed by atoms with Crippen molar-refractivity contribution >= 4 is 11.8 Å². The zero-order valence-electron chi connectivity index (χ0n) is 11.8. The van der Waals surface area contributed by atoms with Crippen molar-refractivity contribution in [2.75, 3.05) is 6.54 Å². The molecule has 2 heterocycles. The van der Waals surface area contributed by atoms with Crippen LogP contribution in [0.15, 0.2) is 24.3 Å². The van der Waals surface area contributed by atoms with Crippen molar-refractivity contribution in [2.45, 2.75) is 44.7 Å². The standard InChI is InChI=1S/C16H20N2O2/c1-11-2-4-12(5-3-11)10-16(20)18-9-8-13-14(18)6-7-15(19)17-13/h2-5,13-14H,6-10H2,1H3,(H,17,19)/t13-,14-/m0/s1. The number of nitrogens with zero attached hydrogens (tertiary/aromatic N) is 1. The molecule has 2 aliphatic rings. The first kappa shape index (κ1) is 13.2. The quantitative estimate of drug-likeness (QED) is 0.885. The average molecular weight is 272 g/mol. The van der Waals surface area contributed by atoms with Gasteiger partial charge in [0.25, 0.3) is 0 Å². The van der Waals surface area contributed by atoms with E-state index in [1.54, 1.807) is 0 Å². The summed E-state index contributed by atoms with van der Waals surface area (Å²) in [5, 5.41) is 3.00. The van der Waals surface area contributed by atoms with Crippen LogP contribution >= 0.6 is 0 Å². The van der Waals surface area contributed by atoms with Crippen LogP contribution in [0.5, 0.6) is 0 Å². The van der Waals surface area contributed by atoms with E-state index in [9.17, 15) is 9.59 Å². The van der Waals surface area contributed by atoms with Crippen molar-refractivity contribution < 1.29 is 9.59 Å². The van der Waals surface area contributed by atoms with Gasteiger partial charge in [-0.25, -0.2) is 0 Å². The fourth-order valence-electron chi connectivity index (χ4n) is 3.23. The van der Waals surface area contributed by atoms with E-state index >= 15 is 0 Å². The average Bonchev–Trinajstić information content (AvgIpc) is 2.84. The monoisotopic (exact) mass is 272 g/mol. The molecule has 2 saturated heterocycles. The molecular weight excluding hydrogens is 252 g/mol. The largest absolute Gasteiger partial charge is 0.351 e. The number of aryl methyl sites for hydroxylation is 1. The van der Waals surface area contributed by atoms with Crippen molar-refractivity contribution in [3.8, 4) is 0 Å². The molecule has 1 aromatic carbocycles. The van der Waals surface area contributed by atoms with Gasteiger partial charge in [0.05, 0.1) is 18.5 Å². The molecule has 0 unspecified atom stereocenters. The van der Waals surface area contributed by atoms with E-state index < -0.39 is 0 Å². The fraction of sp³-hybridized carbons (Fsp3) is 0.500. The maximum absolute atomic E-state index is 12.4. The number of likely N-dealkylation sites (tertiary alicyclic amines) is 1. The molecule has 3 rings (SSSR count). The normalized spacial score (nSPS) is 25.2. The summed E-state index contributed by atoms with van der Waals surface area (Å²) >= 11 is 0. The van der Waals surface area contributed by atoms with Crippen molar-refractivity contribution in [2.24, 2.45) is 0 Å². The summed E-state index contributed by atoms with van der Waals surface area (Å²) in [5.74, 6) is 0.302. The molecule has 4 heteroatoms. The topological polar surface area (TPSA) is 49.4 Å². The first-order valence-electron chi connectivity index (χ1n) is 7.28. The minimum atomic E-state index is 0.124. The van der Waals surface area contributed by atoms with Crippen LogP contribution in [0.3, 0.4) is 0 Å². The summed E-state index contributed by atoms with van der Waals surface area (Å²) in [6.45, 7) is 2.81. The number of carbonyl (C=O) groups excluding carboxylic acids is 2. The lowest BCUT2D eigenvalue weighted by Gasteiger charge is -2.32. The van der Waals surface area contributed by atoms with Gasteiger partial charge in [0.1, 0.15) is 0 Å². The third-order valence-electron chi connectivity index (χ3n) is 4.36. The van der Waals surface area contributed by atoms with Gasteiger partial charge in [0, 0.05) is 13.0 Å². The molecule has 2 amide bonds. The lowest BCUT2D eigenvalue weighted by atomic mass is 9.98. The van der Waals surface area contributed by atoms with Crippen LogP contribution in [0, 0.1) is 6.92 Å². The Bertz CT molecular complexity index is 524. The Kier molecular flexibility index (Phi) is 3.47. The Labute approximate surface area is 119 Å². The highest BCUT2D eigenvalue weighted by molar-refractivity contribution is 5.81. The summed E-state index contributed by atoms with van der Waals surface area (Å²) in [4.78, 5) is 25.8. The zero-order valence-corrected chi connectivity index (χ0v) is 11.8. The van der Waals surface area contributed by atoms with Crippen LogP contribution < -0.4 is 5.32 Å². The van der Waals surface area contributed by atoms with E-state index in [-0.39, 0.29) is 23.9 Å². The summed E-state index contributed by atoms with van der Waals surface area (Å²) in [7, 11) is 0. The van der Waals surface area contributed by atoms with Gasteiger partial charge in [-0.15, -0.1) is 0 Å². The first-order chi connectivity index (χ1) is 9.63. The number of benzene rings is 1. The van der Waals surface area contributed by atoms with E-state index in [2.05, 4.69) is 5.32 Å². The second-order valence-electron chi connectivity index (χ2n) is 5.82. The second kappa shape index (κ2) is 5.27. The minimum absolute atomic E-state index is 0.124. The van der Waals surface area contributed by atoms with Gasteiger partial charge in [-0.1, -0.05) is 29.8 Å². The Morgan fingerprint density at radius 1 is 1.30 bits per heavy atom. The number of hydrogen-bond donors (Lipinski definition) is 1. The van der Waals surface area contributed by atoms with E-state index in [0.717, 1.165) is 24.9 Å². The number of carbonyl (C=O) groups is 2. The van der Waals surface area contributed by atoms with Crippen LogP contribution in [0.2, 0.25) is 0 Å². The SMILES string of the molecule is Cc1ccc(CC(=O)N2CC[C@@H]3NC(=O)CC[C@@H]32)cc1. The van der Waals surface area contributed by atoms with Gasteiger partial charge >= 0.3 is 0 Å². The minimum Gasteiger partial charge on any atom is -0.351 e. The van der Waals surface area contributed by atoms with Gasteiger partial charge in [0.15, 0.2) is 0 Å². The molecule has 0 spiro atoms. The van der Waals surface area contributed by atoms with Crippen molar-refractivity contribution in [3.05, 3.63) is 35.4 Å². The molecule has 2 fully saturated rings. The molecule has 2 aliphatic heterocycles. The maximum atomic E-state index is 12.4. The van der Waals surface area contributed by atoms with E-state index in [0.29, 0.717) is 12.8 Å². The van der Waals surface area contributed by atoms with Gasteiger partial charge in [-0.05, 0) is 25.3 Å². The molecule has 0 bridgehead atoms. The Hall–Kier alpha value is -1.84. The zero-order chi connectivity index (χ0) is 14.1. The third kappa shape index (κ3) is 2.55. The van der Waals surface area contributed by atoms with Crippen LogP contribution in [0.1, 0.15) is 30.4 Å². The molecule has 1 N–H and O–H groups in total.